The van der Waals surface area contributed by atoms with E-state index in [0.29, 0.717) is 15.8 Å². The quantitative estimate of drug-likeness (QED) is 0.0756. The van der Waals surface area contributed by atoms with E-state index in [1.807, 2.05) is 0 Å². The van der Waals surface area contributed by atoms with Crippen molar-refractivity contribution in [2.75, 3.05) is 19.5 Å². The summed E-state index contributed by atoms with van der Waals surface area (Å²) in [4.78, 5) is 35.6. The maximum Gasteiger partial charge on any atom is 0.343 e. The highest BCUT2D eigenvalue weighted by Crippen LogP contribution is 2.38. The number of non-ortho nitro benzene ring substituents is 1. The highest BCUT2D eigenvalue weighted by atomic mass is 79.9. The molecule has 1 N–H and O–H groups in total. The van der Waals surface area contributed by atoms with Crippen molar-refractivity contribution in [3.8, 4) is 23.3 Å². The molecule has 10 nitrogen and oxygen atoms in total. The summed E-state index contributed by atoms with van der Waals surface area (Å²) in [6.45, 7) is 0. The lowest BCUT2D eigenvalue weighted by Gasteiger charge is -2.13. The molecule has 0 aliphatic heterocycles. The largest absolute Gasteiger partial charge is 0.497 e. The molecule has 3 rings (SSSR count). The Kier molecular flexibility index (Phi) is 9.30. The van der Waals surface area contributed by atoms with Gasteiger partial charge in [-0.25, -0.2) is 4.79 Å². The van der Waals surface area contributed by atoms with Crippen molar-refractivity contribution >= 4 is 68.5 Å². The number of hydrogen-bond donors (Lipinski definition) is 1. The molecule has 0 bridgehead atoms. The Labute approximate surface area is 234 Å². The third kappa shape index (κ3) is 6.60. The van der Waals surface area contributed by atoms with Crippen LogP contribution >= 0.6 is 39.1 Å². The first-order chi connectivity index (χ1) is 18.1. The lowest BCUT2D eigenvalue weighted by molar-refractivity contribution is -0.384. The van der Waals surface area contributed by atoms with E-state index >= 15 is 0 Å². The first kappa shape index (κ1) is 28.5. The number of nitro groups is 1. The van der Waals surface area contributed by atoms with Crippen LogP contribution in [0.3, 0.4) is 0 Å². The fourth-order valence-electron chi connectivity index (χ4n) is 3.08. The summed E-state index contributed by atoms with van der Waals surface area (Å²) in [5, 5.41) is 22.6. The molecule has 0 aromatic heterocycles. The number of methoxy groups -OCH3 is 2. The number of nitrogens with zero attached hydrogens (tertiary/aromatic N) is 2. The molecule has 0 fully saturated rings. The topological polar surface area (TPSA) is 141 Å². The second kappa shape index (κ2) is 12.4. The molecule has 0 aliphatic carbocycles. The summed E-state index contributed by atoms with van der Waals surface area (Å²) in [5.74, 6) is -0.712. The van der Waals surface area contributed by atoms with Gasteiger partial charge < -0.3 is 19.5 Å². The van der Waals surface area contributed by atoms with Crippen LogP contribution in [0.2, 0.25) is 10.0 Å². The van der Waals surface area contributed by atoms with Crippen molar-refractivity contribution in [1.82, 2.24) is 0 Å². The van der Waals surface area contributed by atoms with E-state index in [1.165, 1.54) is 32.4 Å². The van der Waals surface area contributed by atoms with Gasteiger partial charge in [-0.2, -0.15) is 5.26 Å². The number of nitriles is 1. The predicted molar refractivity (Wildman–Crippen MR) is 144 cm³/mol. The van der Waals surface area contributed by atoms with Crippen molar-refractivity contribution in [2.24, 2.45) is 0 Å². The van der Waals surface area contributed by atoms with Crippen molar-refractivity contribution in [2.45, 2.75) is 0 Å². The summed E-state index contributed by atoms with van der Waals surface area (Å²) < 4.78 is 16.2. The average Bonchev–Trinajstić information content (AvgIpc) is 2.90. The molecule has 0 spiro atoms. The highest BCUT2D eigenvalue weighted by Gasteiger charge is 2.20. The van der Waals surface area contributed by atoms with Crippen LogP contribution in [0.4, 0.5) is 11.4 Å². The Morgan fingerprint density at radius 1 is 1.08 bits per heavy atom. The Balaban J connectivity index is 1.87. The number of nitro benzene ring substituents is 1. The minimum absolute atomic E-state index is 0.0814. The first-order valence-electron chi connectivity index (χ1n) is 10.4. The Hall–Kier alpha value is -4.11. The fraction of sp³-hybridized carbons (Fsp3) is 0.0800. The van der Waals surface area contributed by atoms with E-state index < -0.39 is 16.8 Å². The van der Waals surface area contributed by atoms with Gasteiger partial charge in [0.05, 0.1) is 44.9 Å². The molecule has 38 heavy (non-hydrogen) atoms. The van der Waals surface area contributed by atoms with E-state index in [4.69, 9.17) is 37.4 Å². The van der Waals surface area contributed by atoms with Gasteiger partial charge >= 0.3 is 5.97 Å². The molecular weight excluding hydrogens is 605 g/mol. The summed E-state index contributed by atoms with van der Waals surface area (Å²) in [7, 11) is 2.86. The summed E-state index contributed by atoms with van der Waals surface area (Å²) in [6, 6.07) is 13.1. The number of anilines is 1. The van der Waals surface area contributed by atoms with Gasteiger partial charge in [-0.05, 0) is 64.0 Å². The maximum absolute atomic E-state index is 12.8. The molecule has 0 aliphatic rings. The van der Waals surface area contributed by atoms with Crippen molar-refractivity contribution in [3.63, 3.8) is 0 Å². The predicted octanol–water partition coefficient (Wildman–Crippen LogP) is 6.45. The van der Waals surface area contributed by atoms with Crippen molar-refractivity contribution < 1.29 is 28.7 Å². The molecular formula is C25H16BrCl2N3O7. The van der Waals surface area contributed by atoms with Crippen LogP contribution in [-0.4, -0.2) is 31.0 Å². The molecule has 3 aromatic rings. The lowest BCUT2D eigenvalue weighted by Crippen LogP contribution is -2.14. The number of hydrogen-bond acceptors (Lipinski definition) is 8. The number of rotatable bonds is 8. The molecule has 0 saturated carbocycles. The van der Waals surface area contributed by atoms with Gasteiger partial charge in [-0.15, -0.1) is 0 Å². The smallest absolute Gasteiger partial charge is 0.343 e. The van der Waals surface area contributed by atoms with Crippen LogP contribution in [0, 0.1) is 21.4 Å². The second-order valence-corrected chi connectivity index (χ2v) is 8.99. The molecule has 0 radical (unpaired) electrons. The van der Waals surface area contributed by atoms with Gasteiger partial charge in [0.25, 0.3) is 11.6 Å². The van der Waals surface area contributed by atoms with Crippen LogP contribution in [0.15, 0.2) is 58.6 Å². The zero-order valence-electron chi connectivity index (χ0n) is 19.6. The lowest BCUT2D eigenvalue weighted by atomic mass is 10.1. The normalized spacial score (nSPS) is 10.8. The molecule has 0 unspecified atom stereocenters. The Morgan fingerprint density at radius 3 is 2.24 bits per heavy atom. The number of carbonyl (C=O) groups is 2. The van der Waals surface area contributed by atoms with E-state index in [9.17, 15) is 25.0 Å². The van der Waals surface area contributed by atoms with Gasteiger partial charge in [0.2, 0.25) is 0 Å². The zero-order valence-corrected chi connectivity index (χ0v) is 22.7. The number of ether oxygens (including phenoxy) is 3. The maximum atomic E-state index is 12.8. The Morgan fingerprint density at radius 2 is 1.71 bits per heavy atom. The SMILES string of the molecule is COc1ccc(C(=O)Oc2c(Br)cc(/C=C(\C#N)C(=O)Nc3c(Cl)cc([N+](=O)[O-])cc3Cl)cc2OC)cc1. The van der Waals surface area contributed by atoms with Gasteiger partial charge in [-0.1, -0.05) is 23.2 Å². The molecule has 0 heterocycles. The average molecular weight is 621 g/mol. The van der Waals surface area contributed by atoms with Crippen LogP contribution < -0.4 is 19.5 Å². The third-order valence-electron chi connectivity index (χ3n) is 4.92. The molecule has 1 amide bonds. The number of benzene rings is 3. The number of nitrogens with one attached hydrogen (secondary N) is 1. The molecule has 3 aromatic carbocycles. The van der Waals surface area contributed by atoms with Gasteiger partial charge in [0, 0.05) is 12.1 Å². The number of amides is 1. The molecule has 0 saturated heterocycles. The van der Waals surface area contributed by atoms with E-state index in [0.717, 1.165) is 12.1 Å². The monoisotopic (exact) mass is 619 g/mol. The molecule has 0 atom stereocenters. The van der Waals surface area contributed by atoms with Gasteiger partial charge in [0.1, 0.15) is 17.4 Å². The van der Waals surface area contributed by atoms with Gasteiger partial charge in [-0.3, -0.25) is 14.9 Å². The second-order valence-electron chi connectivity index (χ2n) is 7.32. The third-order valence-corrected chi connectivity index (χ3v) is 6.11. The molecule has 194 valence electrons. The van der Waals surface area contributed by atoms with Crippen LogP contribution in [0.25, 0.3) is 6.08 Å². The number of halogens is 3. The first-order valence-corrected chi connectivity index (χ1v) is 11.9. The van der Waals surface area contributed by atoms with Crippen LogP contribution in [0.1, 0.15) is 15.9 Å². The summed E-state index contributed by atoms with van der Waals surface area (Å²) >= 11 is 15.4. The number of esters is 1. The molecule has 13 heteroatoms. The number of carbonyl (C=O) groups excluding carboxylic acids is 2. The van der Waals surface area contributed by atoms with Crippen molar-refractivity contribution in [3.05, 3.63) is 89.9 Å². The van der Waals surface area contributed by atoms with Gasteiger partial charge in [0.15, 0.2) is 11.5 Å². The standard InChI is InChI=1S/C25H16BrCl2N3O7/c1-36-17-5-3-14(4-6-17)25(33)38-23-18(26)8-13(9-21(23)37-2)7-15(12-29)24(32)30-22-19(27)10-16(31(34)35)11-20(22)28/h3-11H,1-2H3,(H,30,32)/b15-7+. The van der Waals surface area contributed by atoms with Crippen LogP contribution in [-0.2, 0) is 4.79 Å². The minimum Gasteiger partial charge on any atom is -0.497 e. The minimum atomic E-state index is -0.866. The zero-order chi connectivity index (χ0) is 28.0. The van der Waals surface area contributed by atoms with E-state index in [2.05, 4.69) is 21.2 Å². The highest BCUT2D eigenvalue weighted by molar-refractivity contribution is 9.10. The fourth-order valence-corrected chi connectivity index (χ4v) is 4.19. The van der Waals surface area contributed by atoms with E-state index in [1.54, 1.807) is 30.3 Å². The van der Waals surface area contributed by atoms with E-state index in [-0.39, 0.29) is 44.1 Å². The summed E-state index contributed by atoms with van der Waals surface area (Å²) in [6.07, 6.45) is 1.25. The van der Waals surface area contributed by atoms with Crippen LogP contribution in [0.5, 0.6) is 17.2 Å². The Bertz CT molecular complexity index is 1480. The van der Waals surface area contributed by atoms with Crippen molar-refractivity contribution in [1.29, 1.82) is 5.26 Å². The summed E-state index contributed by atoms with van der Waals surface area (Å²) in [5.41, 5.74) is -0.169.